The minimum absolute atomic E-state index is 0.306. The van der Waals surface area contributed by atoms with Crippen LogP contribution < -0.4 is 0 Å². The summed E-state index contributed by atoms with van der Waals surface area (Å²) in [4.78, 5) is 0.306. The van der Waals surface area contributed by atoms with Crippen molar-refractivity contribution >= 4 is 9.84 Å². The monoisotopic (exact) mass is 214 g/mol. The van der Waals surface area contributed by atoms with Gasteiger partial charge in [-0.2, -0.15) is 0 Å². The van der Waals surface area contributed by atoms with Gasteiger partial charge in [-0.25, -0.2) is 8.42 Å². The topological polar surface area (TPSA) is 54.4 Å². The minimum atomic E-state index is -3.19. The van der Waals surface area contributed by atoms with Crippen molar-refractivity contribution in [2.75, 3.05) is 6.26 Å². The lowest BCUT2D eigenvalue weighted by Crippen LogP contribution is -2.09. The second-order valence-electron chi connectivity index (χ2n) is 3.43. The van der Waals surface area contributed by atoms with Gasteiger partial charge in [0.05, 0.1) is 11.0 Å². The zero-order valence-electron chi connectivity index (χ0n) is 8.27. The highest BCUT2D eigenvalue weighted by Gasteiger charge is 2.13. The highest BCUT2D eigenvalue weighted by molar-refractivity contribution is 7.90. The van der Waals surface area contributed by atoms with Gasteiger partial charge in [-0.3, -0.25) is 0 Å². The normalized spacial score (nSPS) is 13.9. The molecule has 4 heteroatoms. The van der Waals surface area contributed by atoms with E-state index in [4.69, 9.17) is 0 Å². The van der Waals surface area contributed by atoms with Gasteiger partial charge in [-0.05, 0) is 25.0 Å². The smallest absolute Gasteiger partial charge is 0.175 e. The first kappa shape index (κ1) is 11.2. The van der Waals surface area contributed by atoms with Crippen molar-refractivity contribution in [1.29, 1.82) is 0 Å². The van der Waals surface area contributed by atoms with Crippen LogP contribution in [0, 0.1) is 0 Å². The molecule has 1 rings (SSSR count). The van der Waals surface area contributed by atoms with Gasteiger partial charge < -0.3 is 5.11 Å². The molecule has 0 unspecified atom stereocenters. The van der Waals surface area contributed by atoms with E-state index in [9.17, 15) is 13.5 Å². The Bertz CT molecular complexity index is 407. The third kappa shape index (κ3) is 2.82. The predicted octanol–water partition coefficient (Wildman–Crippen LogP) is 1.01. The minimum Gasteiger partial charge on any atom is -0.393 e. The maximum atomic E-state index is 11.4. The van der Waals surface area contributed by atoms with Crippen molar-refractivity contribution in [2.45, 2.75) is 24.3 Å². The molecule has 0 aliphatic heterocycles. The van der Waals surface area contributed by atoms with Gasteiger partial charge in [-0.1, -0.05) is 18.2 Å². The van der Waals surface area contributed by atoms with Crippen LogP contribution in [0.3, 0.4) is 0 Å². The summed E-state index contributed by atoms with van der Waals surface area (Å²) in [6, 6.07) is 6.74. The molecular formula is C10H14O3S. The van der Waals surface area contributed by atoms with E-state index in [1.54, 1.807) is 31.2 Å². The summed E-state index contributed by atoms with van der Waals surface area (Å²) in [6.45, 7) is 1.64. The fourth-order valence-corrected chi connectivity index (χ4v) is 2.31. The molecule has 0 amide bonds. The molecule has 1 aromatic carbocycles. The summed E-state index contributed by atoms with van der Waals surface area (Å²) in [6.07, 6.45) is 1.01. The first-order chi connectivity index (χ1) is 6.41. The van der Waals surface area contributed by atoms with E-state index in [1.165, 1.54) is 6.26 Å². The molecule has 78 valence electrons. The Morgan fingerprint density at radius 1 is 1.36 bits per heavy atom. The molecule has 0 aliphatic carbocycles. The van der Waals surface area contributed by atoms with Crippen molar-refractivity contribution in [3.8, 4) is 0 Å². The van der Waals surface area contributed by atoms with Crippen LogP contribution in [0.25, 0.3) is 0 Å². The number of rotatable bonds is 3. The van der Waals surface area contributed by atoms with Crippen molar-refractivity contribution in [3.05, 3.63) is 29.8 Å². The zero-order valence-corrected chi connectivity index (χ0v) is 9.08. The van der Waals surface area contributed by atoms with E-state index in [0.29, 0.717) is 16.9 Å². The molecule has 0 fully saturated rings. The summed E-state index contributed by atoms with van der Waals surface area (Å²) in [5, 5.41) is 9.20. The maximum Gasteiger partial charge on any atom is 0.175 e. The molecule has 0 saturated heterocycles. The highest BCUT2D eigenvalue weighted by atomic mass is 32.2. The van der Waals surface area contributed by atoms with Crippen molar-refractivity contribution < 1.29 is 13.5 Å². The first-order valence-corrected chi connectivity index (χ1v) is 6.26. The summed E-state index contributed by atoms with van der Waals surface area (Å²) in [5.41, 5.74) is 0.671. The van der Waals surface area contributed by atoms with Crippen molar-refractivity contribution in [3.63, 3.8) is 0 Å². The van der Waals surface area contributed by atoms with Crippen LogP contribution in [0.5, 0.6) is 0 Å². The Labute approximate surface area is 84.3 Å². The van der Waals surface area contributed by atoms with Crippen LogP contribution in [0.2, 0.25) is 0 Å². The van der Waals surface area contributed by atoms with Crippen LogP contribution in [-0.2, 0) is 16.3 Å². The Morgan fingerprint density at radius 2 is 1.93 bits per heavy atom. The Balaban J connectivity index is 3.17. The molecule has 1 N–H and O–H groups in total. The number of benzene rings is 1. The fraction of sp³-hybridized carbons (Fsp3) is 0.400. The number of sulfone groups is 1. The lowest BCUT2D eigenvalue weighted by atomic mass is 10.1. The molecular weight excluding hydrogens is 200 g/mol. The molecule has 0 radical (unpaired) electrons. The fourth-order valence-electron chi connectivity index (χ4n) is 1.35. The van der Waals surface area contributed by atoms with E-state index in [-0.39, 0.29) is 0 Å². The second kappa shape index (κ2) is 4.11. The van der Waals surface area contributed by atoms with Gasteiger partial charge in [0.1, 0.15) is 0 Å². The lowest BCUT2D eigenvalue weighted by molar-refractivity contribution is 0.194. The van der Waals surface area contributed by atoms with E-state index >= 15 is 0 Å². The summed E-state index contributed by atoms with van der Waals surface area (Å²) < 4.78 is 22.7. The molecule has 1 aromatic rings. The zero-order chi connectivity index (χ0) is 10.8. The summed E-state index contributed by atoms with van der Waals surface area (Å²) >= 11 is 0. The van der Waals surface area contributed by atoms with Gasteiger partial charge in [-0.15, -0.1) is 0 Å². The second-order valence-corrected chi connectivity index (χ2v) is 5.42. The molecule has 3 nitrogen and oxygen atoms in total. The van der Waals surface area contributed by atoms with Gasteiger partial charge in [0.2, 0.25) is 0 Å². The van der Waals surface area contributed by atoms with E-state index in [1.807, 2.05) is 0 Å². The third-order valence-electron chi connectivity index (χ3n) is 1.89. The number of hydrogen-bond donors (Lipinski definition) is 1. The van der Waals surface area contributed by atoms with E-state index in [2.05, 4.69) is 0 Å². The molecule has 0 heterocycles. The molecule has 0 saturated carbocycles. The Kier molecular flexibility index (Phi) is 3.29. The Hall–Kier alpha value is -0.870. The quantitative estimate of drug-likeness (QED) is 0.817. The summed E-state index contributed by atoms with van der Waals surface area (Å²) in [7, 11) is -3.19. The molecule has 0 bridgehead atoms. The molecule has 1 atom stereocenters. The van der Waals surface area contributed by atoms with Gasteiger partial charge >= 0.3 is 0 Å². The molecule has 0 aliphatic rings. The Morgan fingerprint density at radius 3 is 2.43 bits per heavy atom. The van der Waals surface area contributed by atoms with Crippen molar-refractivity contribution in [2.24, 2.45) is 0 Å². The molecule has 0 spiro atoms. The van der Waals surface area contributed by atoms with Crippen LogP contribution in [0.4, 0.5) is 0 Å². The van der Waals surface area contributed by atoms with E-state index in [0.717, 1.165) is 0 Å². The van der Waals surface area contributed by atoms with Crippen LogP contribution in [0.1, 0.15) is 12.5 Å². The SMILES string of the molecule is C[C@H](O)Cc1ccccc1S(C)(=O)=O. The molecule has 0 aromatic heterocycles. The van der Waals surface area contributed by atoms with Gasteiger partial charge in [0.15, 0.2) is 9.84 Å². The first-order valence-electron chi connectivity index (χ1n) is 4.37. The lowest BCUT2D eigenvalue weighted by Gasteiger charge is -2.08. The average Bonchev–Trinajstić information content (AvgIpc) is 2.01. The third-order valence-corrected chi connectivity index (χ3v) is 3.08. The molecule has 14 heavy (non-hydrogen) atoms. The largest absolute Gasteiger partial charge is 0.393 e. The number of aliphatic hydroxyl groups excluding tert-OH is 1. The van der Waals surface area contributed by atoms with Crippen molar-refractivity contribution in [1.82, 2.24) is 0 Å². The number of hydrogen-bond acceptors (Lipinski definition) is 3. The maximum absolute atomic E-state index is 11.4. The van der Waals surface area contributed by atoms with Crippen LogP contribution in [-0.4, -0.2) is 25.9 Å². The van der Waals surface area contributed by atoms with Crippen LogP contribution in [0.15, 0.2) is 29.2 Å². The number of aliphatic hydroxyl groups is 1. The van der Waals surface area contributed by atoms with E-state index < -0.39 is 15.9 Å². The van der Waals surface area contributed by atoms with Crippen LogP contribution >= 0.6 is 0 Å². The van der Waals surface area contributed by atoms with Gasteiger partial charge in [0.25, 0.3) is 0 Å². The van der Waals surface area contributed by atoms with Gasteiger partial charge in [0, 0.05) is 6.26 Å². The highest BCUT2D eigenvalue weighted by Crippen LogP contribution is 2.16. The standard InChI is InChI=1S/C10H14O3S/c1-8(11)7-9-5-3-4-6-10(9)14(2,12)13/h3-6,8,11H,7H2,1-2H3/t8-/m0/s1. The summed E-state index contributed by atoms with van der Waals surface area (Å²) in [5.74, 6) is 0. The predicted molar refractivity (Wildman–Crippen MR) is 54.9 cm³/mol. The average molecular weight is 214 g/mol.